The molecule has 4 aromatic rings. The van der Waals surface area contributed by atoms with Crippen molar-refractivity contribution in [3.8, 4) is 0 Å². The highest BCUT2D eigenvalue weighted by molar-refractivity contribution is 6.07. The number of nitrogens with zero attached hydrogens (tertiary/aromatic N) is 1. The van der Waals surface area contributed by atoms with Gasteiger partial charge in [0.25, 0.3) is 5.91 Å². The van der Waals surface area contributed by atoms with E-state index in [4.69, 9.17) is 4.42 Å². The monoisotopic (exact) mass is 347 g/mol. The molecule has 0 saturated heterocycles. The zero-order chi connectivity index (χ0) is 18.4. The Kier molecular flexibility index (Phi) is 3.61. The molecule has 2 aromatic heterocycles. The van der Waals surface area contributed by atoms with E-state index in [-0.39, 0.29) is 11.2 Å². The quantitative estimate of drug-likeness (QED) is 0.576. The molecule has 0 aliphatic carbocycles. The van der Waals surface area contributed by atoms with Crippen LogP contribution in [0.5, 0.6) is 0 Å². The minimum atomic E-state index is -0.490. The fourth-order valence-corrected chi connectivity index (χ4v) is 2.96. The second-order valence-corrected chi connectivity index (χ2v) is 6.39. The molecule has 6 nitrogen and oxygen atoms in total. The van der Waals surface area contributed by atoms with Crippen molar-refractivity contribution in [2.75, 3.05) is 5.32 Å². The zero-order valence-corrected chi connectivity index (χ0v) is 14.6. The van der Waals surface area contributed by atoms with E-state index in [1.807, 2.05) is 32.9 Å². The first-order chi connectivity index (χ1) is 12.4. The number of nitrogens with one attached hydrogen (secondary N) is 2. The molecule has 0 atom stereocenters. The van der Waals surface area contributed by atoms with E-state index < -0.39 is 5.91 Å². The SMILES string of the molecule is Cc1nc2c(NC(=O)c3cc(=O)c4cc(C)c(C)cc4o3)cccc2[nH]1. The third-order valence-electron chi connectivity index (χ3n) is 4.45. The van der Waals surface area contributed by atoms with Crippen LogP contribution in [0.25, 0.3) is 22.0 Å². The van der Waals surface area contributed by atoms with Crippen LogP contribution in [0.2, 0.25) is 0 Å². The summed E-state index contributed by atoms with van der Waals surface area (Å²) in [6, 6.07) is 10.2. The van der Waals surface area contributed by atoms with Crippen LogP contribution in [0.15, 0.2) is 45.6 Å². The fourth-order valence-electron chi connectivity index (χ4n) is 2.96. The third-order valence-corrected chi connectivity index (χ3v) is 4.45. The van der Waals surface area contributed by atoms with Crippen LogP contribution in [-0.2, 0) is 0 Å². The normalized spacial score (nSPS) is 11.2. The number of hydrogen-bond acceptors (Lipinski definition) is 4. The number of H-pyrrole nitrogens is 1. The van der Waals surface area contributed by atoms with Gasteiger partial charge >= 0.3 is 0 Å². The standard InChI is InChI=1S/C20H17N3O3/c1-10-7-13-16(24)9-18(26-17(13)8-11(10)2)20(25)23-15-6-4-5-14-19(15)22-12(3)21-14/h4-9H,1-3H3,(H,21,22)(H,23,25). The number of para-hydroxylation sites is 1. The second kappa shape index (κ2) is 5.84. The van der Waals surface area contributed by atoms with Crippen molar-refractivity contribution in [1.82, 2.24) is 9.97 Å². The third kappa shape index (κ3) is 2.65. The van der Waals surface area contributed by atoms with Gasteiger partial charge < -0.3 is 14.7 Å². The van der Waals surface area contributed by atoms with Crippen molar-refractivity contribution in [2.24, 2.45) is 0 Å². The molecular weight excluding hydrogens is 330 g/mol. The number of aromatic nitrogens is 2. The topological polar surface area (TPSA) is 88.0 Å². The molecule has 4 rings (SSSR count). The molecule has 0 bridgehead atoms. The van der Waals surface area contributed by atoms with Gasteiger partial charge in [-0.2, -0.15) is 0 Å². The molecule has 0 saturated carbocycles. The number of carbonyl (C=O) groups excluding carboxylic acids is 1. The average Bonchev–Trinajstić information content (AvgIpc) is 2.98. The van der Waals surface area contributed by atoms with E-state index in [0.29, 0.717) is 22.2 Å². The Bertz CT molecular complexity index is 1230. The summed E-state index contributed by atoms with van der Waals surface area (Å²) >= 11 is 0. The number of amides is 1. The Hall–Kier alpha value is -3.41. The fraction of sp³-hybridized carbons (Fsp3) is 0.150. The summed E-state index contributed by atoms with van der Waals surface area (Å²) in [5, 5.41) is 3.25. The summed E-state index contributed by atoms with van der Waals surface area (Å²) in [7, 11) is 0. The summed E-state index contributed by atoms with van der Waals surface area (Å²) in [5.74, 6) is 0.232. The summed E-state index contributed by atoms with van der Waals surface area (Å²) in [4.78, 5) is 32.5. The van der Waals surface area contributed by atoms with Gasteiger partial charge in [-0.1, -0.05) is 6.07 Å². The Labute approximate surface area is 148 Å². The van der Waals surface area contributed by atoms with Crippen molar-refractivity contribution in [1.29, 1.82) is 0 Å². The van der Waals surface area contributed by atoms with Crippen molar-refractivity contribution in [3.05, 3.63) is 69.3 Å². The molecule has 6 heteroatoms. The number of aromatic amines is 1. The van der Waals surface area contributed by atoms with Gasteiger partial charge in [0, 0.05) is 6.07 Å². The number of carbonyl (C=O) groups is 1. The van der Waals surface area contributed by atoms with Crippen molar-refractivity contribution < 1.29 is 9.21 Å². The average molecular weight is 347 g/mol. The van der Waals surface area contributed by atoms with Crippen molar-refractivity contribution >= 4 is 33.6 Å². The maximum absolute atomic E-state index is 12.6. The molecular formula is C20H17N3O3. The predicted molar refractivity (Wildman–Crippen MR) is 101 cm³/mol. The highest BCUT2D eigenvalue weighted by Crippen LogP contribution is 2.23. The highest BCUT2D eigenvalue weighted by atomic mass is 16.3. The van der Waals surface area contributed by atoms with Gasteiger partial charge in [0.1, 0.15) is 16.9 Å². The lowest BCUT2D eigenvalue weighted by atomic mass is 10.1. The lowest BCUT2D eigenvalue weighted by Crippen LogP contribution is -2.15. The molecule has 130 valence electrons. The van der Waals surface area contributed by atoms with Crippen molar-refractivity contribution in [3.63, 3.8) is 0 Å². The smallest absolute Gasteiger partial charge is 0.291 e. The first-order valence-electron chi connectivity index (χ1n) is 8.24. The van der Waals surface area contributed by atoms with Crippen LogP contribution < -0.4 is 10.7 Å². The van der Waals surface area contributed by atoms with Crippen LogP contribution in [0.3, 0.4) is 0 Å². The summed E-state index contributed by atoms with van der Waals surface area (Å²) < 4.78 is 5.69. The van der Waals surface area contributed by atoms with Crippen LogP contribution in [0.1, 0.15) is 27.5 Å². The largest absolute Gasteiger partial charge is 0.451 e. The van der Waals surface area contributed by atoms with Gasteiger partial charge in [0.15, 0.2) is 11.2 Å². The van der Waals surface area contributed by atoms with E-state index in [9.17, 15) is 9.59 Å². The van der Waals surface area contributed by atoms with Gasteiger partial charge in [-0.05, 0) is 56.2 Å². The summed E-state index contributed by atoms with van der Waals surface area (Å²) in [6.07, 6.45) is 0. The molecule has 0 aliphatic heterocycles. The van der Waals surface area contributed by atoms with Gasteiger partial charge in [-0.25, -0.2) is 4.98 Å². The van der Waals surface area contributed by atoms with E-state index in [1.165, 1.54) is 6.07 Å². The summed E-state index contributed by atoms with van der Waals surface area (Å²) in [6.45, 7) is 5.71. The van der Waals surface area contributed by atoms with E-state index in [1.54, 1.807) is 18.2 Å². The molecule has 0 radical (unpaired) electrons. The molecule has 2 N–H and O–H groups in total. The van der Waals surface area contributed by atoms with Crippen LogP contribution >= 0.6 is 0 Å². The Morgan fingerprint density at radius 1 is 1.12 bits per heavy atom. The molecule has 0 aliphatic rings. The number of aryl methyl sites for hydroxylation is 3. The maximum atomic E-state index is 12.6. The van der Waals surface area contributed by atoms with Gasteiger partial charge in [0.2, 0.25) is 0 Å². The van der Waals surface area contributed by atoms with Gasteiger partial charge in [-0.3, -0.25) is 9.59 Å². The number of rotatable bonds is 2. The van der Waals surface area contributed by atoms with Crippen LogP contribution in [-0.4, -0.2) is 15.9 Å². The molecule has 0 fully saturated rings. The first kappa shape index (κ1) is 16.1. The molecule has 26 heavy (non-hydrogen) atoms. The van der Waals surface area contributed by atoms with Crippen LogP contribution in [0, 0.1) is 20.8 Å². The van der Waals surface area contributed by atoms with E-state index >= 15 is 0 Å². The maximum Gasteiger partial charge on any atom is 0.291 e. The van der Waals surface area contributed by atoms with Gasteiger partial charge in [-0.15, -0.1) is 0 Å². The van der Waals surface area contributed by atoms with Crippen LogP contribution in [0.4, 0.5) is 5.69 Å². The minimum absolute atomic E-state index is 0.0324. The Morgan fingerprint density at radius 2 is 1.88 bits per heavy atom. The molecule has 0 spiro atoms. The highest BCUT2D eigenvalue weighted by Gasteiger charge is 2.15. The minimum Gasteiger partial charge on any atom is -0.451 e. The second-order valence-electron chi connectivity index (χ2n) is 6.39. The number of fused-ring (bicyclic) bond motifs is 2. The lowest BCUT2D eigenvalue weighted by molar-refractivity contribution is 0.0997. The first-order valence-corrected chi connectivity index (χ1v) is 8.24. The number of benzene rings is 2. The summed E-state index contributed by atoms with van der Waals surface area (Å²) in [5.41, 5.74) is 4.20. The van der Waals surface area contributed by atoms with E-state index in [2.05, 4.69) is 15.3 Å². The lowest BCUT2D eigenvalue weighted by Gasteiger charge is -2.07. The molecule has 1 amide bonds. The predicted octanol–water partition coefficient (Wildman–Crippen LogP) is 3.85. The number of anilines is 1. The number of hydrogen-bond donors (Lipinski definition) is 2. The molecule has 2 aromatic carbocycles. The number of imidazole rings is 1. The Morgan fingerprint density at radius 3 is 2.69 bits per heavy atom. The van der Waals surface area contributed by atoms with Crippen molar-refractivity contribution in [2.45, 2.75) is 20.8 Å². The molecule has 0 unspecified atom stereocenters. The van der Waals surface area contributed by atoms with E-state index in [0.717, 1.165) is 22.5 Å². The molecule has 2 heterocycles. The zero-order valence-electron chi connectivity index (χ0n) is 14.6. The Balaban J connectivity index is 1.76. The van der Waals surface area contributed by atoms with Gasteiger partial charge in [0.05, 0.1) is 16.6 Å².